The lowest BCUT2D eigenvalue weighted by Gasteiger charge is -2.09. The number of methoxy groups -OCH3 is 1. The van der Waals surface area contributed by atoms with Crippen LogP contribution in [0.15, 0.2) is 24.4 Å². The number of halogens is 1. The van der Waals surface area contributed by atoms with Gasteiger partial charge < -0.3 is 15.2 Å². The second-order valence-corrected chi connectivity index (χ2v) is 4.27. The molecule has 106 valence electrons. The van der Waals surface area contributed by atoms with E-state index in [1.54, 1.807) is 24.4 Å². The molecule has 2 heterocycles. The number of rotatable bonds is 4. The number of nitrogens with two attached hydrogens (primary N) is 1. The third-order valence-electron chi connectivity index (χ3n) is 2.52. The van der Waals surface area contributed by atoms with Crippen molar-refractivity contribution in [2.75, 3.05) is 12.8 Å². The normalized spacial score (nSPS) is 11.9. The van der Waals surface area contributed by atoms with Crippen molar-refractivity contribution in [2.45, 2.75) is 13.0 Å². The summed E-state index contributed by atoms with van der Waals surface area (Å²) < 4.78 is 11.2. The Kier molecular flexibility index (Phi) is 4.09. The Bertz CT molecular complexity index is 615. The van der Waals surface area contributed by atoms with Crippen LogP contribution in [-0.4, -0.2) is 33.9 Å². The Hall–Kier alpha value is -2.28. The van der Waals surface area contributed by atoms with Gasteiger partial charge in [-0.25, -0.2) is 9.78 Å². The number of carbonyl (C=O) groups excluding carboxylic acids is 1. The molecule has 8 heteroatoms. The molecular formula is C12H13ClN4O3. The summed E-state index contributed by atoms with van der Waals surface area (Å²) in [6, 6.07) is 5.27. The molecule has 2 rings (SSSR count). The summed E-state index contributed by atoms with van der Waals surface area (Å²) in [7, 11) is 1.27. The number of hydrogen-bond donors (Lipinski definition) is 1. The van der Waals surface area contributed by atoms with E-state index < -0.39 is 12.1 Å². The van der Waals surface area contributed by atoms with Crippen molar-refractivity contribution >= 4 is 23.4 Å². The van der Waals surface area contributed by atoms with E-state index in [2.05, 4.69) is 14.8 Å². The number of nitrogen functional groups attached to an aromatic ring is 1. The molecule has 0 aliphatic heterocycles. The Morgan fingerprint density at radius 2 is 2.25 bits per heavy atom. The molecule has 0 saturated carbocycles. The van der Waals surface area contributed by atoms with Crippen molar-refractivity contribution in [3.8, 4) is 11.7 Å². The largest absolute Gasteiger partial charge is 0.466 e. The van der Waals surface area contributed by atoms with E-state index in [1.165, 1.54) is 18.7 Å². The van der Waals surface area contributed by atoms with Crippen molar-refractivity contribution in [3.05, 3.63) is 29.4 Å². The van der Waals surface area contributed by atoms with E-state index in [-0.39, 0.29) is 16.7 Å². The predicted octanol–water partition coefficient (Wildman–Crippen LogP) is 1.44. The second kappa shape index (κ2) is 5.79. The molecule has 1 atom stereocenters. The fourth-order valence-electron chi connectivity index (χ4n) is 1.50. The molecule has 0 aromatic carbocycles. The smallest absolute Gasteiger partial charge is 0.346 e. The number of aromatic nitrogens is 3. The number of esters is 1. The maximum Gasteiger partial charge on any atom is 0.346 e. The van der Waals surface area contributed by atoms with Crippen molar-refractivity contribution in [1.29, 1.82) is 0 Å². The topological polar surface area (TPSA) is 92.3 Å². The van der Waals surface area contributed by atoms with E-state index in [9.17, 15) is 4.79 Å². The highest BCUT2D eigenvalue weighted by atomic mass is 35.5. The molecule has 2 aromatic rings. The van der Waals surface area contributed by atoms with Crippen molar-refractivity contribution < 1.29 is 14.3 Å². The van der Waals surface area contributed by atoms with Crippen molar-refractivity contribution in [1.82, 2.24) is 14.8 Å². The van der Waals surface area contributed by atoms with Gasteiger partial charge in [-0.2, -0.15) is 4.68 Å². The van der Waals surface area contributed by atoms with Crippen LogP contribution in [0.25, 0.3) is 5.82 Å². The number of carbonyl (C=O) groups is 1. The summed E-state index contributed by atoms with van der Waals surface area (Å²) in [4.78, 5) is 15.4. The zero-order chi connectivity index (χ0) is 14.7. The average molecular weight is 297 g/mol. The fourth-order valence-corrected chi connectivity index (χ4v) is 1.66. The molecule has 0 spiro atoms. The molecule has 0 unspecified atom stereocenters. The Balaban J connectivity index is 2.31. The molecular weight excluding hydrogens is 284 g/mol. The number of pyridine rings is 1. The third-order valence-corrected chi connectivity index (χ3v) is 2.87. The van der Waals surface area contributed by atoms with E-state index >= 15 is 0 Å². The summed E-state index contributed by atoms with van der Waals surface area (Å²) in [5.41, 5.74) is 5.85. The van der Waals surface area contributed by atoms with Crippen LogP contribution in [-0.2, 0) is 9.53 Å². The molecule has 2 aromatic heterocycles. The van der Waals surface area contributed by atoms with Crippen LogP contribution in [0, 0.1) is 0 Å². The van der Waals surface area contributed by atoms with Gasteiger partial charge in [0.15, 0.2) is 17.7 Å². The van der Waals surface area contributed by atoms with Gasteiger partial charge >= 0.3 is 5.97 Å². The van der Waals surface area contributed by atoms with E-state index in [4.69, 9.17) is 22.1 Å². The first kappa shape index (κ1) is 14.1. The van der Waals surface area contributed by atoms with Gasteiger partial charge in [-0.05, 0) is 19.1 Å². The van der Waals surface area contributed by atoms with Gasteiger partial charge in [-0.1, -0.05) is 17.7 Å². The number of hydrogen-bond acceptors (Lipinski definition) is 6. The first-order valence-electron chi connectivity index (χ1n) is 5.74. The minimum absolute atomic E-state index is 0.0488. The lowest BCUT2D eigenvalue weighted by Crippen LogP contribution is -2.25. The van der Waals surface area contributed by atoms with Gasteiger partial charge in [0.25, 0.3) is 5.88 Å². The van der Waals surface area contributed by atoms with Crippen LogP contribution in [0.1, 0.15) is 6.92 Å². The second-order valence-electron chi connectivity index (χ2n) is 3.89. The van der Waals surface area contributed by atoms with Gasteiger partial charge in [0.1, 0.15) is 5.02 Å². The van der Waals surface area contributed by atoms with Crippen molar-refractivity contribution in [3.63, 3.8) is 0 Å². The van der Waals surface area contributed by atoms with E-state index in [0.29, 0.717) is 5.82 Å². The molecule has 2 N–H and O–H groups in total. The molecule has 0 bridgehead atoms. The van der Waals surface area contributed by atoms with Crippen LogP contribution in [0.5, 0.6) is 5.88 Å². The molecule has 0 aliphatic rings. The third kappa shape index (κ3) is 2.67. The summed E-state index contributed by atoms with van der Waals surface area (Å²) in [5.74, 6) is 0.185. The Morgan fingerprint density at radius 1 is 1.50 bits per heavy atom. The Labute approximate surface area is 120 Å². The van der Waals surface area contributed by atoms with Crippen LogP contribution in [0.3, 0.4) is 0 Å². The molecule has 0 saturated heterocycles. The molecule has 0 fully saturated rings. The summed E-state index contributed by atoms with van der Waals surface area (Å²) in [6.45, 7) is 1.53. The summed E-state index contributed by atoms with van der Waals surface area (Å²) in [5, 5.41) is 4.22. The van der Waals surface area contributed by atoms with Crippen LogP contribution in [0.4, 0.5) is 5.82 Å². The molecule has 0 amide bonds. The first-order chi connectivity index (χ1) is 9.54. The molecule has 7 nitrogen and oxygen atoms in total. The fraction of sp³-hybridized carbons (Fsp3) is 0.250. The highest BCUT2D eigenvalue weighted by Crippen LogP contribution is 2.31. The van der Waals surface area contributed by atoms with E-state index in [0.717, 1.165) is 0 Å². The van der Waals surface area contributed by atoms with Crippen molar-refractivity contribution in [2.24, 2.45) is 0 Å². The number of nitrogens with zero attached hydrogens (tertiary/aromatic N) is 3. The van der Waals surface area contributed by atoms with Gasteiger partial charge in [-0.3, -0.25) is 0 Å². The summed E-state index contributed by atoms with van der Waals surface area (Å²) >= 11 is 6.04. The molecule has 0 aliphatic carbocycles. The SMILES string of the molecule is COC(=O)[C@@H](C)Oc1nn(-c2ccccn2)c(N)c1Cl. The van der Waals surface area contributed by atoms with Gasteiger partial charge in [0, 0.05) is 6.20 Å². The van der Waals surface area contributed by atoms with E-state index in [1.807, 2.05) is 0 Å². The lowest BCUT2D eigenvalue weighted by atomic mass is 10.4. The van der Waals surface area contributed by atoms with Gasteiger partial charge in [0.05, 0.1) is 7.11 Å². The standard InChI is InChI=1S/C12H13ClN4O3/c1-7(12(18)19-2)20-11-9(13)10(14)17(16-11)8-5-3-4-6-15-8/h3-7H,14H2,1-2H3/t7-/m1/s1. The molecule has 0 radical (unpaired) electrons. The van der Waals surface area contributed by atoms with Crippen LogP contribution >= 0.6 is 11.6 Å². The quantitative estimate of drug-likeness (QED) is 0.858. The van der Waals surface area contributed by atoms with Gasteiger partial charge in [0.2, 0.25) is 0 Å². The zero-order valence-corrected chi connectivity index (χ0v) is 11.7. The average Bonchev–Trinajstić information content (AvgIpc) is 2.75. The minimum atomic E-state index is -0.844. The lowest BCUT2D eigenvalue weighted by molar-refractivity contribution is -0.148. The number of ether oxygens (including phenoxy) is 2. The van der Waals surface area contributed by atoms with Crippen LogP contribution in [0.2, 0.25) is 5.02 Å². The zero-order valence-electron chi connectivity index (χ0n) is 10.9. The number of anilines is 1. The highest BCUT2D eigenvalue weighted by Gasteiger charge is 2.22. The monoisotopic (exact) mass is 296 g/mol. The highest BCUT2D eigenvalue weighted by molar-refractivity contribution is 6.34. The maximum atomic E-state index is 11.3. The van der Waals surface area contributed by atoms with Crippen LogP contribution < -0.4 is 10.5 Å². The molecule has 20 heavy (non-hydrogen) atoms. The maximum absolute atomic E-state index is 11.3. The first-order valence-corrected chi connectivity index (χ1v) is 6.12. The van der Waals surface area contributed by atoms with Gasteiger partial charge in [-0.15, -0.1) is 5.10 Å². The predicted molar refractivity (Wildman–Crippen MR) is 72.9 cm³/mol. The Morgan fingerprint density at radius 3 is 2.85 bits per heavy atom. The summed E-state index contributed by atoms with van der Waals surface area (Å²) in [6.07, 6.45) is 0.756. The minimum Gasteiger partial charge on any atom is -0.466 e.